The Morgan fingerprint density at radius 1 is 1.23 bits per heavy atom. The SMILES string of the molecule is C=C(/C=C\C=C(/C)CCNCCc1ccc(C(=O)OC)cc1)C(F)(F)F. The van der Waals surface area contributed by atoms with Gasteiger partial charge in [0.25, 0.3) is 0 Å². The molecule has 26 heavy (non-hydrogen) atoms. The smallest absolute Gasteiger partial charge is 0.415 e. The highest BCUT2D eigenvalue weighted by Crippen LogP contribution is 2.24. The Bertz CT molecular complexity index is 659. The van der Waals surface area contributed by atoms with Crippen LogP contribution in [0.4, 0.5) is 13.2 Å². The Morgan fingerprint density at radius 3 is 2.46 bits per heavy atom. The van der Waals surface area contributed by atoms with Gasteiger partial charge in [0, 0.05) is 5.57 Å². The number of hydrogen-bond donors (Lipinski definition) is 1. The molecule has 0 unspecified atom stereocenters. The van der Waals surface area contributed by atoms with Crippen molar-refractivity contribution in [2.75, 3.05) is 20.2 Å². The molecule has 0 atom stereocenters. The van der Waals surface area contributed by atoms with E-state index in [1.165, 1.54) is 13.2 Å². The minimum Gasteiger partial charge on any atom is -0.465 e. The van der Waals surface area contributed by atoms with Crippen LogP contribution in [0.2, 0.25) is 0 Å². The van der Waals surface area contributed by atoms with Crippen molar-refractivity contribution in [2.24, 2.45) is 0 Å². The normalized spacial score (nSPS) is 12.4. The maximum absolute atomic E-state index is 12.3. The van der Waals surface area contributed by atoms with Gasteiger partial charge in [0.2, 0.25) is 0 Å². The topological polar surface area (TPSA) is 38.3 Å². The second kappa shape index (κ2) is 10.6. The van der Waals surface area contributed by atoms with Crippen molar-refractivity contribution in [1.29, 1.82) is 0 Å². The van der Waals surface area contributed by atoms with Crippen LogP contribution in [0.25, 0.3) is 0 Å². The van der Waals surface area contributed by atoms with Crippen LogP contribution >= 0.6 is 0 Å². The van der Waals surface area contributed by atoms with Gasteiger partial charge < -0.3 is 10.1 Å². The quantitative estimate of drug-likeness (QED) is 0.393. The Labute approximate surface area is 152 Å². The average molecular weight is 367 g/mol. The molecule has 6 heteroatoms. The number of ether oxygens (including phenoxy) is 1. The molecule has 0 amide bonds. The summed E-state index contributed by atoms with van der Waals surface area (Å²) in [5.74, 6) is -0.357. The van der Waals surface area contributed by atoms with Crippen molar-refractivity contribution in [1.82, 2.24) is 5.32 Å². The summed E-state index contributed by atoms with van der Waals surface area (Å²) in [6.45, 7) is 6.35. The van der Waals surface area contributed by atoms with Crippen LogP contribution in [0.15, 0.2) is 60.2 Å². The molecule has 0 aliphatic rings. The number of esters is 1. The summed E-state index contributed by atoms with van der Waals surface area (Å²) in [4.78, 5) is 11.3. The summed E-state index contributed by atoms with van der Waals surface area (Å²) >= 11 is 0. The first-order chi connectivity index (χ1) is 12.2. The summed E-state index contributed by atoms with van der Waals surface area (Å²) in [6, 6.07) is 7.24. The maximum Gasteiger partial charge on any atom is 0.415 e. The zero-order valence-corrected chi connectivity index (χ0v) is 15.0. The molecule has 0 saturated carbocycles. The summed E-state index contributed by atoms with van der Waals surface area (Å²) in [5, 5.41) is 3.28. The molecule has 1 aromatic carbocycles. The molecule has 0 radical (unpaired) electrons. The second-order valence-corrected chi connectivity index (χ2v) is 5.83. The minimum absolute atomic E-state index is 0.357. The number of methoxy groups -OCH3 is 1. The third-order valence-corrected chi connectivity index (χ3v) is 3.70. The standard InChI is InChI=1S/C20H24F3NO2/c1-15(5-4-6-16(2)20(21,22)23)11-13-24-14-12-17-7-9-18(10-8-17)19(25)26-3/h4-10,24H,2,11-14H2,1,3H3/b6-4-,15-5+. The first-order valence-corrected chi connectivity index (χ1v) is 8.22. The summed E-state index contributed by atoms with van der Waals surface area (Å²) < 4.78 is 41.5. The molecule has 0 heterocycles. The van der Waals surface area contributed by atoms with E-state index >= 15 is 0 Å². The van der Waals surface area contributed by atoms with Crippen molar-refractivity contribution in [3.63, 3.8) is 0 Å². The fourth-order valence-corrected chi connectivity index (χ4v) is 2.07. The predicted molar refractivity (Wildman–Crippen MR) is 97.1 cm³/mol. The zero-order chi connectivity index (χ0) is 19.6. The average Bonchev–Trinajstić information content (AvgIpc) is 2.60. The number of halogens is 3. The van der Waals surface area contributed by atoms with E-state index in [1.54, 1.807) is 18.2 Å². The lowest BCUT2D eigenvalue weighted by atomic mass is 10.1. The highest BCUT2D eigenvalue weighted by molar-refractivity contribution is 5.89. The molecule has 0 spiro atoms. The number of benzene rings is 1. The summed E-state index contributed by atoms with van der Waals surface area (Å²) in [7, 11) is 1.35. The van der Waals surface area contributed by atoms with Crippen LogP contribution in [0.1, 0.15) is 29.3 Å². The van der Waals surface area contributed by atoms with E-state index in [9.17, 15) is 18.0 Å². The van der Waals surface area contributed by atoms with E-state index in [0.29, 0.717) is 5.56 Å². The number of nitrogens with one attached hydrogen (secondary N) is 1. The van der Waals surface area contributed by atoms with Crippen LogP contribution in [0.3, 0.4) is 0 Å². The van der Waals surface area contributed by atoms with Gasteiger partial charge in [-0.2, -0.15) is 13.2 Å². The third kappa shape index (κ3) is 8.16. The molecule has 142 valence electrons. The summed E-state index contributed by atoms with van der Waals surface area (Å²) in [6.07, 6.45) is 1.17. The fourth-order valence-electron chi connectivity index (χ4n) is 2.07. The molecule has 0 saturated heterocycles. The van der Waals surface area contributed by atoms with Crippen molar-refractivity contribution < 1.29 is 22.7 Å². The van der Waals surface area contributed by atoms with Crippen molar-refractivity contribution in [2.45, 2.75) is 25.9 Å². The largest absolute Gasteiger partial charge is 0.465 e. The lowest BCUT2D eigenvalue weighted by Crippen LogP contribution is -2.18. The van der Waals surface area contributed by atoms with Gasteiger partial charge in [-0.1, -0.05) is 42.5 Å². The minimum atomic E-state index is -4.38. The van der Waals surface area contributed by atoms with E-state index in [4.69, 9.17) is 0 Å². The highest BCUT2D eigenvalue weighted by atomic mass is 19.4. The third-order valence-electron chi connectivity index (χ3n) is 3.70. The number of alkyl halides is 3. The lowest BCUT2D eigenvalue weighted by Gasteiger charge is -2.06. The Balaban J connectivity index is 2.27. The zero-order valence-electron chi connectivity index (χ0n) is 15.0. The van der Waals surface area contributed by atoms with Gasteiger partial charge in [-0.15, -0.1) is 0 Å². The number of rotatable bonds is 9. The van der Waals surface area contributed by atoms with Gasteiger partial charge in [0.15, 0.2) is 0 Å². The molecule has 3 nitrogen and oxygen atoms in total. The van der Waals surface area contributed by atoms with E-state index < -0.39 is 11.7 Å². The lowest BCUT2D eigenvalue weighted by molar-refractivity contribution is -0.0878. The number of allylic oxidation sites excluding steroid dienone is 4. The predicted octanol–water partition coefficient (Wildman–Crippen LogP) is 4.62. The molecule has 1 N–H and O–H groups in total. The van der Waals surface area contributed by atoms with Gasteiger partial charge >= 0.3 is 12.1 Å². The van der Waals surface area contributed by atoms with Gasteiger partial charge in [-0.3, -0.25) is 0 Å². The molecule has 0 fully saturated rings. The molecule has 0 aromatic heterocycles. The van der Waals surface area contributed by atoms with E-state index in [2.05, 4.69) is 16.6 Å². The maximum atomic E-state index is 12.3. The first-order valence-electron chi connectivity index (χ1n) is 8.22. The molecular formula is C20H24F3NO2. The number of carbonyl (C=O) groups is 1. The second-order valence-electron chi connectivity index (χ2n) is 5.83. The molecule has 0 aliphatic carbocycles. The van der Waals surface area contributed by atoms with E-state index in [1.807, 2.05) is 19.1 Å². The molecular weight excluding hydrogens is 343 g/mol. The number of carbonyl (C=O) groups excluding carboxylic acids is 1. The van der Waals surface area contributed by atoms with Crippen molar-refractivity contribution >= 4 is 5.97 Å². The monoisotopic (exact) mass is 367 g/mol. The Hall–Kier alpha value is -2.34. The molecule has 0 bridgehead atoms. The van der Waals surface area contributed by atoms with Crippen LogP contribution in [-0.4, -0.2) is 32.3 Å². The van der Waals surface area contributed by atoms with Crippen molar-refractivity contribution in [3.05, 3.63) is 71.3 Å². The number of hydrogen-bond acceptors (Lipinski definition) is 3. The molecule has 1 aromatic rings. The molecule has 0 aliphatic heterocycles. The summed E-state index contributed by atoms with van der Waals surface area (Å²) in [5.41, 5.74) is 1.74. The Kier molecular flexibility index (Phi) is 8.85. The van der Waals surface area contributed by atoms with Crippen LogP contribution in [0.5, 0.6) is 0 Å². The molecule has 1 rings (SSSR count). The van der Waals surface area contributed by atoms with Gasteiger partial charge in [-0.05, 0) is 50.6 Å². The van der Waals surface area contributed by atoms with E-state index in [-0.39, 0.29) is 5.97 Å². The van der Waals surface area contributed by atoms with Gasteiger partial charge in [0.05, 0.1) is 12.7 Å². The first kappa shape index (κ1) is 21.7. The van der Waals surface area contributed by atoms with Gasteiger partial charge in [-0.25, -0.2) is 4.79 Å². The Morgan fingerprint density at radius 2 is 1.88 bits per heavy atom. The van der Waals surface area contributed by atoms with Crippen LogP contribution in [0, 0.1) is 0 Å². The van der Waals surface area contributed by atoms with Crippen LogP contribution in [-0.2, 0) is 11.2 Å². The van der Waals surface area contributed by atoms with Crippen molar-refractivity contribution in [3.8, 4) is 0 Å². The van der Waals surface area contributed by atoms with Crippen LogP contribution < -0.4 is 5.32 Å². The van der Waals surface area contributed by atoms with Gasteiger partial charge in [0.1, 0.15) is 0 Å². The highest BCUT2D eigenvalue weighted by Gasteiger charge is 2.29. The van der Waals surface area contributed by atoms with E-state index in [0.717, 1.165) is 43.1 Å². The fraction of sp³-hybridized carbons (Fsp3) is 0.350.